The molecule has 3 heterocycles. The summed E-state index contributed by atoms with van der Waals surface area (Å²) in [7, 11) is 0. The zero-order chi connectivity index (χ0) is 21.2. The molecular formula is C24H20FN3OS2. The van der Waals surface area contributed by atoms with E-state index in [1.165, 1.54) is 12.1 Å². The summed E-state index contributed by atoms with van der Waals surface area (Å²) in [4.78, 5) is 24.3. The van der Waals surface area contributed by atoms with Gasteiger partial charge in [0.2, 0.25) is 0 Å². The van der Waals surface area contributed by atoms with Gasteiger partial charge in [0.1, 0.15) is 22.0 Å². The zero-order valence-electron chi connectivity index (χ0n) is 16.8. The number of aromatic nitrogens is 2. The van der Waals surface area contributed by atoms with Crippen molar-refractivity contribution < 1.29 is 9.18 Å². The van der Waals surface area contributed by atoms with Gasteiger partial charge in [-0.3, -0.25) is 4.79 Å². The summed E-state index contributed by atoms with van der Waals surface area (Å²) < 4.78 is 13.3. The van der Waals surface area contributed by atoms with E-state index in [-0.39, 0.29) is 11.7 Å². The molecule has 0 radical (unpaired) electrons. The molecule has 0 N–H and O–H groups in total. The predicted molar refractivity (Wildman–Crippen MR) is 124 cm³/mol. The van der Waals surface area contributed by atoms with Crippen molar-refractivity contribution in [3.05, 3.63) is 77.2 Å². The second-order valence-electron chi connectivity index (χ2n) is 7.50. The number of halogens is 1. The summed E-state index contributed by atoms with van der Waals surface area (Å²) in [5, 5.41) is 3.96. The predicted octanol–water partition coefficient (Wildman–Crippen LogP) is 6.03. The van der Waals surface area contributed by atoms with Crippen LogP contribution in [0.5, 0.6) is 0 Å². The fourth-order valence-electron chi connectivity index (χ4n) is 3.80. The number of likely N-dealkylation sites (tertiary alicyclic amines) is 1. The number of benzene rings is 2. The Kier molecular flexibility index (Phi) is 5.70. The Balaban J connectivity index is 1.35. The molecule has 0 spiro atoms. The summed E-state index contributed by atoms with van der Waals surface area (Å²) in [6.45, 7) is 1.72. The van der Waals surface area contributed by atoms with Crippen LogP contribution in [-0.2, 0) is 5.75 Å². The molecule has 31 heavy (non-hydrogen) atoms. The minimum Gasteiger partial charge on any atom is -0.339 e. The summed E-state index contributed by atoms with van der Waals surface area (Å²) in [5.74, 6) is 0.612. The Morgan fingerprint density at radius 1 is 1.03 bits per heavy atom. The lowest BCUT2D eigenvalue weighted by molar-refractivity contribution is 0.0793. The summed E-state index contributed by atoms with van der Waals surface area (Å²) >= 11 is 3.21. The van der Waals surface area contributed by atoms with Crippen molar-refractivity contribution in [3.8, 4) is 11.1 Å². The SMILES string of the molecule is O=C(c1ccc(CSc2ncnc3scc(-c4ccc(F)cc4)c23)cc1)N1CCCC1. The van der Waals surface area contributed by atoms with Gasteiger partial charge < -0.3 is 4.90 Å². The largest absolute Gasteiger partial charge is 0.339 e. The van der Waals surface area contributed by atoms with E-state index in [0.29, 0.717) is 0 Å². The average molecular weight is 450 g/mol. The van der Waals surface area contributed by atoms with Crippen LogP contribution in [0.25, 0.3) is 21.3 Å². The van der Waals surface area contributed by atoms with Crippen molar-refractivity contribution in [2.24, 2.45) is 0 Å². The summed E-state index contributed by atoms with van der Waals surface area (Å²) in [6.07, 6.45) is 3.78. The van der Waals surface area contributed by atoms with Crippen molar-refractivity contribution in [3.63, 3.8) is 0 Å². The maximum Gasteiger partial charge on any atom is 0.253 e. The van der Waals surface area contributed by atoms with Gasteiger partial charge in [-0.05, 0) is 48.2 Å². The van der Waals surface area contributed by atoms with Crippen LogP contribution in [0.3, 0.4) is 0 Å². The molecular weight excluding hydrogens is 429 g/mol. The first-order valence-corrected chi connectivity index (χ1v) is 12.0. The van der Waals surface area contributed by atoms with Crippen LogP contribution >= 0.6 is 23.1 Å². The minimum absolute atomic E-state index is 0.122. The first-order chi connectivity index (χ1) is 15.2. The lowest BCUT2D eigenvalue weighted by atomic mass is 10.1. The molecule has 0 atom stereocenters. The molecule has 0 aliphatic carbocycles. The Labute approximate surface area is 188 Å². The molecule has 1 amide bonds. The van der Waals surface area contributed by atoms with E-state index in [1.807, 2.05) is 29.2 Å². The topological polar surface area (TPSA) is 46.1 Å². The highest BCUT2D eigenvalue weighted by molar-refractivity contribution is 7.98. The standard InChI is InChI=1S/C24H20FN3OS2/c25-19-9-7-17(8-10-19)20-14-31-23-21(20)22(26-15-27-23)30-13-16-3-5-18(6-4-16)24(29)28-11-1-2-12-28/h3-10,14-15H,1-2,11-13H2. The molecule has 1 fully saturated rings. The molecule has 4 aromatic rings. The van der Waals surface area contributed by atoms with Crippen molar-refractivity contribution in [2.75, 3.05) is 13.1 Å². The van der Waals surface area contributed by atoms with Gasteiger partial charge in [0, 0.05) is 35.3 Å². The minimum atomic E-state index is -0.249. The Bertz CT molecular complexity index is 1220. The lowest BCUT2D eigenvalue weighted by Crippen LogP contribution is -2.27. The summed E-state index contributed by atoms with van der Waals surface area (Å²) in [5.41, 5.74) is 3.86. The van der Waals surface area contributed by atoms with E-state index in [2.05, 4.69) is 15.3 Å². The van der Waals surface area contributed by atoms with Gasteiger partial charge in [-0.2, -0.15) is 0 Å². The molecule has 5 rings (SSSR count). The molecule has 156 valence electrons. The second kappa shape index (κ2) is 8.77. The van der Waals surface area contributed by atoms with Crippen LogP contribution in [0.15, 0.2) is 65.3 Å². The van der Waals surface area contributed by atoms with Gasteiger partial charge in [0.15, 0.2) is 0 Å². The molecule has 2 aromatic carbocycles. The number of carbonyl (C=O) groups is 1. The molecule has 0 bridgehead atoms. The van der Waals surface area contributed by atoms with Gasteiger partial charge in [-0.15, -0.1) is 23.1 Å². The lowest BCUT2D eigenvalue weighted by Gasteiger charge is -2.15. The number of fused-ring (bicyclic) bond motifs is 1. The van der Waals surface area contributed by atoms with E-state index < -0.39 is 0 Å². The molecule has 0 saturated carbocycles. The van der Waals surface area contributed by atoms with Crippen molar-refractivity contribution in [2.45, 2.75) is 23.6 Å². The van der Waals surface area contributed by atoms with Crippen molar-refractivity contribution >= 4 is 39.2 Å². The first kappa shape index (κ1) is 20.2. The Morgan fingerprint density at radius 2 is 1.77 bits per heavy atom. The normalized spacial score (nSPS) is 13.8. The highest BCUT2D eigenvalue weighted by atomic mass is 32.2. The number of amides is 1. The van der Waals surface area contributed by atoms with Crippen LogP contribution in [0.2, 0.25) is 0 Å². The van der Waals surface area contributed by atoms with Crippen LogP contribution < -0.4 is 0 Å². The fraction of sp³-hybridized carbons (Fsp3) is 0.208. The van der Waals surface area contributed by atoms with Gasteiger partial charge in [-0.1, -0.05) is 24.3 Å². The summed E-state index contributed by atoms with van der Waals surface area (Å²) in [6, 6.07) is 14.4. The monoisotopic (exact) mass is 449 g/mol. The van der Waals surface area contributed by atoms with Crippen LogP contribution in [-0.4, -0.2) is 33.9 Å². The second-order valence-corrected chi connectivity index (χ2v) is 9.32. The van der Waals surface area contributed by atoms with Crippen molar-refractivity contribution in [1.29, 1.82) is 0 Å². The number of thioether (sulfide) groups is 1. The third-order valence-electron chi connectivity index (χ3n) is 5.46. The molecule has 1 saturated heterocycles. The van der Waals surface area contributed by atoms with Crippen molar-refractivity contribution in [1.82, 2.24) is 14.9 Å². The fourth-order valence-corrected chi connectivity index (χ4v) is 5.75. The van der Waals surface area contributed by atoms with E-state index in [1.54, 1.807) is 41.6 Å². The maximum absolute atomic E-state index is 13.3. The van der Waals surface area contributed by atoms with E-state index in [9.17, 15) is 9.18 Å². The highest BCUT2D eigenvalue weighted by Gasteiger charge is 2.19. The van der Waals surface area contributed by atoms with Crippen LogP contribution in [0, 0.1) is 5.82 Å². The van der Waals surface area contributed by atoms with Crippen LogP contribution in [0.1, 0.15) is 28.8 Å². The number of hydrogen-bond acceptors (Lipinski definition) is 5. The van der Waals surface area contributed by atoms with E-state index in [4.69, 9.17) is 0 Å². The molecule has 1 aliphatic rings. The maximum atomic E-state index is 13.3. The van der Waals surface area contributed by atoms with E-state index in [0.717, 1.165) is 69.2 Å². The molecule has 7 heteroatoms. The number of thiophene rings is 1. The van der Waals surface area contributed by atoms with E-state index >= 15 is 0 Å². The smallest absolute Gasteiger partial charge is 0.253 e. The Hall–Kier alpha value is -2.77. The third-order valence-corrected chi connectivity index (χ3v) is 7.41. The highest BCUT2D eigenvalue weighted by Crippen LogP contribution is 2.38. The number of carbonyl (C=O) groups excluding carboxylic acids is 1. The molecule has 4 nitrogen and oxygen atoms in total. The van der Waals surface area contributed by atoms with Gasteiger partial charge in [0.25, 0.3) is 5.91 Å². The van der Waals surface area contributed by atoms with Gasteiger partial charge in [0.05, 0.1) is 5.39 Å². The first-order valence-electron chi connectivity index (χ1n) is 10.2. The third kappa shape index (κ3) is 4.20. The molecule has 2 aromatic heterocycles. The number of hydrogen-bond donors (Lipinski definition) is 0. The Morgan fingerprint density at radius 3 is 2.52 bits per heavy atom. The van der Waals surface area contributed by atoms with Crippen LogP contribution in [0.4, 0.5) is 4.39 Å². The molecule has 1 aliphatic heterocycles. The zero-order valence-corrected chi connectivity index (χ0v) is 18.4. The number of nitrogens with zero attached hydrogens (tertiary/aromatic N) is 3. The molecule has 0 unspecified atom stereocenters. The van der Waals surface area contributed by atoms with Gasteiger partial charge >= 0.3 is 0 Å². The van der Waals surface area contributed by atoms with Gasteiger partial charge in [-0.25, -0.2) is 14.4 Å². The number of rotatable bonds is 5. The average Bonchev–Trinajstić information content (AvgIpc) is 3.49. The quantitative estimate of drug-likeness (QED) is 0.276.